The Morgan fingerprint density at radius 1 is 1.29 bits per heavy atom. The summed E-state index contributed by atoms with van der Waals surface area (Å²) in [7, 11) is 1.86. The van der Waals surface area contributed by atoms with Gasteiger partial charge in [0.1, 0.15) is 5.82 Å². The summed E-state index contributed by atoms with van der Waals surface area (Å²) in [6.45, 7) is 4.99. The summed E-state index contributed by atoms with van der Waals surface area (Å²) in [6.07, 6.45) is 4.66. The van der Waals surface area contributed by atoms with Crippen molar-refractivity contribution in [2.75, 3.05) is 12.4 Å². The summed E-state index contributed by atoms with van der Waals surface area (Å²) in [6, 6.07) is 1.97. The Kier molecular flexibility index (Phi) is 3.37. The SMILES string of the molecule is CCc1cc(NC)nc(-c2cnn(CC)c2)n1. The molecular formula is C12H17N5. The first-order valence-electron chi connectivity index (χ1n) is 5.85. The fourth-order valence-electron chi connectivity index (χ4n) is 1.59. The second kappa shape index (κ2) is 4.95. The van der Waals surface area contributed by atoms with Crippen molar-refractivity contribution < 1.29 is 0 Å². The minimum atomic E-state index is 0.730. The largest absolute Gasteiger partial charge is 0.373 e. The fourth-order valence-corrected chi connectivity index (χ4v) is 1.59. The highest BCUT2D eigenvalue weighted by Gasteiger charge is 2.07. The maximum atomic E-state index is 4.51. The van der Waals surface area contributed by atoms with Gasteiger partial charge in [-0.15, -0.1) is 0 Å². The van der Waals surface area contributed by atoms with Crippen molar-refractivity contribution in [3.63, 3.8) is 0 Å². The first-order valence-corrected chi connectivity index (χ1v) is 5.85. The number of nitrogens with zero attached hydrogens (tertiary/aromatic N) is 4. The Balaban J connectivity index is 2.43. The molecule has 0 unspecified atom stereocenters. The van der Waals surface area contributed by atoms with E-state index in [0.29, 0.717) is 0 Å². The van der Waals surface area contributed by atoms with E-state index >= 15 is 0 Å². The lowest BCUT2D eigenvalue weighted by atomic mass is 10.2. The minimum absolute atomic E-state index is 0.730. The minimum Gasteiger partial charge on any atom is -0.373 e. The van der Waals surface area contributed by atoms with E-state index in [1.54, 1.807) is 6.20 Å². The van der Waals surface area contributed by atoms with Crippen LogP contribution in [0.3, 0.4) is 0 Å². The van der Waals surface area contributed by atoms with Gasteiger partial charge in [-0.1, -0.05) is 6.92 Å². The molecule has 2 heterocycles. The molecule has 5 heteroatoms. The molecule has 90 valence electrons. The third-order valence-electron chi connectivity index (χ3n) is 2.61. The van der Waals surface area contributed by atoms with Crippen LogP contribution in [-0.4, -0.2) is 26.8 Å². The van der Waals surface area contributed by atoms with Crippen LogP contribution in [0.15, 0.2) is 18.5 Å². The van der Waals surface area contributed by atoms with Crippen LogP contribution in [-0.2, 0) is 13.0 Å². The van der Waals surface area contributed by atoms with Crippen molar-refractivity contribution in [1.29, 1.82) is 0 Å². The van der Waals surface area contributed by atoms with E-state index in [9.17, 15) is 0 Å². The molecule has 0 bridgehead atoms. The summed E-state index contributed by atoms with van der Waals surface area (Å²) in [5, 5.41) is 7.29. The molecule has 0 radical (unpaired) electrons. The Hall–Kier alpha value is -1.91. The van der Waals surface area contributed by atoms with Gasteiger partial charge < -0.3 is 5.32 Å². The quantitative estimate of drug-likeness (QED) is 0.874. The average Bonchev–Trinajstić information content (AvgIpc) is 2.86. The molecule has 0 saturated heterocycles. The summed E-state index contributed by atoms with van der Waals surface area (Å²) in [4.78, 5) is 8.96. The number of aryl methyl sites for hydroxylation is 2. The van der Waals surface area contributed by atoms with Gasteiger partial charge in [0.15, 0.2) is 5.82 Å². The van der Waals surface area contributed by atoms with Crippen molar-refractivity contribution in [2.24, 2.45) is 0 Å². The van der Waals surface area contributed by atoms with Gasteiger partial charge in [0.2, 0.25) is 0 Å². The van der Waals surface area contributed by atoms with Crippen molar-refractivity contribution in [2.45, 2.75) is 26.8 Å². The van der Waals surface area contributed by atoms with Crippen LogP contribution >= 0.6 is 0 Å². The average molecular weight is 231 g/mol. The zero-order chi connectivity index (χ0) is 12.3. The number of rotatable bonds is 4. The monoisotopic (exact) mass is 231 g/mol. The predicted octanol–water partition coefficient (Wildman–Crippen LogP) is 1.96. The molecule has 0 spiro atoms. The van der Waals surface area contributed by atoms with Crippen LogP contribution in [0.5, 0.6) is 0 Å². The number of hydrogen-bond acceptors (Lipinski definition) is 4. The molecule has 0 saturated carbocycles. The van der Waals surface area contributed by atoms with E-state index in [0.717, 1.165) is 35.9 Å². The van der Waals surface area contributed by atoms with Gasteiger partial charge in [-0.3, -0.25) is 4.68 Å². The molecule has 0 amide bonds. The van der Waals surface area contributed by atoms with Crippen molar-refractivity contribution in [1.82, 2.24) is 19.7 Å². The molecule has 2 aromatic heterocycles. The Labute approximate surface area is 101 Å². The smallest absolute Gasteiger partial charge is 0.164 e. The highest BCUT2D eigenvalue weighted by Crippen LogP contribution is 2.17. The molecule has 0 fully saturated rings. The zero-order valence-electron chi connectivity index (χ0n) is 10.4. The Morgan fingerprint density at radius 3 is 2.71 bits per heavy atom. The number of hydrogen-bond donors (Lipinski definition) is 1. The molecule has 0 aliphatic heterocycles. The molecule has 0 atom stereocenters. The van der Waals surface area contributed by atoms with Crippen LogP contribution in [0.4, 0.5) is 5.82 Å². The van der Waals surface area contributed by atoms with Crippen LogP contribution in [0.2, 0.25) is 0 Å². The number of aromatic nitrogens is 4. The van der Waals surface area contributed by atoms with E-state index in [1.807, 2.05) is 24.0 Å². The zero-order valence-corrected chi connectivity index (χ0v) is 10.4. The Bertz CT molecular complexity index is 481. The maximum Gasteiger partial charge on any atom is 0.164 e. The van der Waals surface area contributed by atoms with Gasteiger partial charge >= 0.3 is 0 Å². The van der Waals surface area contributed by atoms with Crippen LogP contribution in [0.25, 0.3) is 11.4 Å². The van der Waals surface area contributed by atoms with Crippen molar-refractivity contribution in [3.05, 3.63) is 24.2 Å². The van der Waals surface area contributed by atoms with Gasteiger partial charge in [0.25, 0.3) is 0 Å². The molecule has 1 N–H and O–H groups in total. The van der Waals surface area contributed by atoms with Gasteiger partial charge in [0.05, 0.1) is 11.8 Å². The molecule has 5 nitrogen and oxygen atoms in total. The molecule has 2 aromatic rings. The van der Waals surface area contributed by atoms with Gasteiger partial charge in [0, 0.05) is 31.5 Å². The van der Waals surface area contributed by atoms with Crippen LogP contribution in [0.1, 0.15) is 19.5 Å². The first-order chi connectivity index (χ1) is 8.26. The summed E-state index contributed by atoms with van der Waals surface area (Å²) in [5.41, 5.74) is 1.99. The summed E-state index contributed by atoms with van der Waals surface area (Å²) >= 11 is 0. The number of anilines is 1. The Morgan fingerprint density at radius 2 is 2.12 bits per heavy atom. The van der Waals surface area contributed by atoms with Crippen LogP contribution in [0, 0.1) is 0 Å². The van der Waals surface area contributed by atoms with E-state index in [1.165, 1.54) is 0 Å². The second-order valence-corrected chi connectivity index (χ2v) is 3.76. The second-order valence-electron chi connectivity index (χ2n) is 3.76. The van der Waals surface area contributed by atoms with Crippen molar-refractivity contribution >= 4 is 5.82 Å². The standard InChI is InChI=1S/C12H17N5/c1-4-10-6-11(13-3)16-12(15-10)9-7-14-17(5-2)8-9/h6-8H,4-5H2,1-3H3,(H,13,15,16). The molecule has 2 rings (SSSR count). The highest BCUT2D eigenvalue weighted by atomic mass is 15.3. The maximum absolute atomic E-state index is 4.51. The van der Waals surface area contributed by atoms with Crippen LogP contribution < -0.4 is 5.32 Å². The number of nitrogens with one attached hydrogen (secondary N) is 1. The molecular weight excluding hydrogens is 214 g/mol. The van der Waals surface area contributed by atoms with Gasteiger partial charge in [-0.05, 0) is 13.3 Å². The van der Waals surface area contributed by atoms with Crippen molar-refractivity contribution in [3.8, 4) is 11.4 Å². The first kappa shape index (κ1) is 11.6. The molecule has 0 aliphatic carbocycles. The lowest BCUT2D eigenvalue weighted by molar-refractivity contribution is 0.660. The highest BCUT2D eigenvalue weighted by molar-refractivity contribution is 5.55. The van der Waals surface area contributed by atoms with E-state index in [2.05, 4.69) is 34.2 Å². The van der Waals surface area contributed by atoms with Gasteiger partial charge in [-0.25, -0.2) is 9.97 Å². The lowest BCUT2D eigenvalue weighted by Crippen LogP contribution is -2.00. The fraction of sp³-hybridized carbons (Fsp3) is 0.417. The van der Waals surface area contributed by atoms with E-state index in [-0.39, 0.29) is 0 Å². The van der Waals surface area contributed by atoms with E-state index in [4.69, 9.17) is 0 Å². The summed E-state index contributed by atoms with van der Waals surface area (Å²) < 4.78 is 1.87. The van der Waals surface area contributed by atoms with E-state index < -0.39 is 0 Å². The molecule has 17 heavy (non-hydrogen) atoms. The predicted molar refractivity (Wildman–Crippen MR) is 67.9 cm³/mol. The summed E-state index contributed by atoms with van der Waals surface area (Å²) in [5.74, 6) is 1.57. The third-order valence-corrected chi connectivity index (χ3v) is 2.61. The third kappa shape index (κ3) is 2.43. The lowest BCUT2D eigenvalue weighted by Gasteiger charge is -2.04. The topological polar surface area (TPSA) is 55.6 Å². The van der Waals surface area contributed by atoms with Gasteiger partial charge in [-0.2, -0.15) is 5.10 Å². The normalized spacial score (nSPS) is 10.5. The molecule has 0 aliphatic rings. The molecule has 0 aromatic carbocycles.